The minimum absolute atomic E-state index is 0.822. The molecule has 6 heavy (non-hydrogen) atoms. The molecule has 0 aromatic rings. The molecule has 0 aliphatic carbocycles. The van der Waals surface area contributed by atoms with Crippen LogP contribution in [0.1, 0.15) is 20.3 Å². The van der Waals surface area contributed by atoms with Crippen molar-refractivity contribution in [3.8, 4) is 0 Å². The van der Waals surface area contributed by atoms with Crippen LogP contribution in [-0.4, -0.2) is 5.75 Å². The molecule has 0 bridgehead atoms. The lowest BCUT2D eigenvalue weighted by Crippen LogP contribution is -1.85. The molecule has 0 amide bonds. The van der Waals surface area contributed by atoms with E-state index in [2.05, 4.69) is 26.5 Å². The van der Waals surface area contributed by atoms with Crippen molar-refractivity contribution in [3.63, 3.8) is 0 Å². The maximum absolute atomic E-state index is 4.06. The highest BCUT2D eigenvalue weighted by atomic mass is 32.1. The fourth-order valence-corrected chi connectivity index (χ4v) is 0.775. The number of thiol groups is 1. The Bertz CT molecular complexity index is 25.1. The van der Waals surface area contributed by atoms with Crippen LogP contribution in [0.25, 0.3) is 0 Å². The predicted octanol–water partition coefficient (Wildman–Crippen LogP) is 1.96. The molecule has 0 nitrogen and oxygen atoms in total. The van der Waals surface area contributed by atoms with Crippen molar-refractivity contribution in [3.05, 3.63) is 0 Å². The Labute approximate surface area is 45.4 Å². The summed E-state index contributed by atoms with van der Waals surface area (Å²) in [5.74, 6) is 1.85. The highest BCUT2D eigenvalue weighted by Gasteiger charge is 1.86. The Balaban J connectivity index is 2.63. The number of hydrogen-bond donors (Lipinski definition) is 1. The van der Waals surface area contributed by atoms with Crippen LogP contribution in [0.5, 0.6) is 0 Å². The molecule has 0 aromatic carbocycles. The third-order valence-electron chi connectivity index (χ3n) is 0.706. The molecule has 0 fully saturated rings. The van der Waals surface area contributed by atoms with E-state index in [0.29, 0.717) is 0 Å². The van der Waals surface area contributed by atoms with E-state index in [9.17, 15) is 0 Å². The van der Waals surface area contributed by atoms with Crippen LogP contribution in [-0.2, 0) is 0 Å². The van der Waals surface area contributed by atoms with Crippen LogP contribution in [0.4, 0.5) is 0 Å². The Morgan fingerprint density at radius 2 is 2.00 bits per heavy atom. The molecule has 0 aliphatic rings. The number of rotatable bonds is 2. The van der Waals surface area contributed by atoms with E-state index in [1.54, 1.807) is 0 Å². The molecule has 1 heteroatoms. The van der Waals surface area contributed by atoms with E-state index < -0.39 is 0 Å². The summed E-state index contributed by atoms with van der Waals surface area (Å²) in [4.78, 5) is 0. The topological polar surface area (TPSA) is 0 Å². The quantitative estimate of drug-likeness (QED) is 0.509. The van der Waals surface area contributed by atoms with Crippen molar-refractivity contribution in [2.45, 2.75) is 20.3 Å². The van der Waals surface area contributed by atoms with Crippen molar-refractivity contribution >= 4 is 12.6 Å². The molecule has 0 unspecified atom stereocenters. The van der Waals surface area contributed by atoms with Crippen molar-refractivity contribution in [1.82, 2.24) is 0 Å². The normalized spacial score (nSPS) is 10.0. The highest BCUT2D eigenvalue weighted by Crippen LogP contribution is 1.98. The lowest BCUT2D eigenvalue weighted by Gasteiger charge is -1.95. The van der Waals surface area contributed by atoms with E-state index in [0.717, 1.165) is 11.7 Å². The number of hydrogen-bond acceptors (Lipinski definition) is 1. The Morgan fingerprint density at radius 3 is 2.00 bits per heavy atom. The van der Waals surface area contributed by atoms with Gasteiger partial charge in [0.05, 0.1) is 0 Å². The van der Waals surface area contributed by atoms with Gasteiger partial charge in [0.15, 0.2) is 0 Å². The molecule has 0 radical (unpaired) electrons. The third kappa shape index (κ3) is 4.35. The van der Waals surface area contributed by atoms with E-state index in [1.807, 2.05) is 0 Å². The minimum atomic E-state index is 0.822. The van der Waals surface area contributed by atoms with Crippen LogP contribution in [0.3, 0.4) is 0 Å². The summed E-state index contributed by atoms with van der Waals surface area (Å²) in [6.45, 7) is 4.41. The first-order valence-corrected chi connectivity index (χ1v) is 3.01. The maximum Gasteiger partial charge on any atom is -0.00955 e. The first-order chi connectivity index (χ1) is 2.77. The first kappa shape index (κ1) is 6.35. The zero-order valence-electron chi connectivity index (χ0n) is 4.44. The molecular weight excluding hydrogens is 92.1 g/mol. The first-order valence-electron chi connectivity index (χ1n) is 2.38. The molecule has 0 saturated heterocycles. The molecule has 0 heterocycles. The zero-order chi connectivity index (χ0) is 4.99. The van der Waals surface area contributed by atoms with Gasteiger partial charge in [-0.15, -0.1) is 0 Å². The second-order valence-corrected chi connectivity index (χ2v) is 2.35. The van der Waals surface area contributed by atoms with Gasteiger partial charge in [-0.2, -0.15) is 12.6 Å². The van der Waals surface area contributed by atoms with E-state index in [1.165, 1.54) is 6.42 Å². The summed E-state index contributed by atoms with van der Waals surface area (Å²) in [6, 6.07) is 0. The standard InChI is InChI=1S/C5H12S/c1-5(2)3-4-6/h5-6H,3-4H2,1-2H3. The van der Waals surface area contributed by atoms with E-state index in [-0.39, 0.29) is 0 Å². The van der Waals surface area contributed by atoms with Crippen molar-refractivity contribution in [1.29, 1.82) is 0 Å². The molecule has 0 aliphatic heterocycles. The summed E-state index contributed by atoms with van der Waals surface area (Å²) < 4.78 is 0. The Kier molecular flexibility index (Phi) is 3.74. The monoisotopic (exact) mass is 104 g/mol. The van der Waals surface area contributed by atoms with Crippen LogP contribution >= 0.6 is 12.6 Å². The van der Waals surface area contributed by atoms with Gasteiger partial charge in [-0.1, -0.05) is 13.8 Å². The predicted molar refractivity (Wildman–Crippen MR) is 33.3 cm³/mol. The smallest absolute Gasteiger partial charge is 0.00955 e. The van der Waals surface area contributed by atoms with Crippen LogP contribution in [0, 0.1) is 5.92 Å². The lowest BCUT2D eigenvalue weighted by atomic mass is 10.2. The molecule has 0 aromatic heterocycles. The van der Waals surface area contributed by atoms with Crippen LogP contribution in [0.2, 0.25) is 0 Å². The SMILES string of the molecule is CC(C)CCS. The van der Waals surface area contributed by atoms with Crippen LogP contribution in [0.15, 0.2) is 0 Å². The molecule has 0 atom stereocenters. The van der Waals surface area contributed by atoms with E-state index in [4.69, 9.17) is 0 Å². The van der Waals surface area contributed by atoms with E-state index >= 15 is 0 Å². The largest absolute Gasteiger partial charge is 0.179 e. The molecule has 0 spiro atoms. The van der Waals surface area contributed by atoms with Gasteiger partial charge < -0.3 is 0 Å². The second kappa shape index (κ2) is 3.54. The Hall–Kier alpha value is 0.350. The van der Waals surface area contributed by atoms with Crippen molar-refractivity contribution in [2.24, 2.45) is 5.92 Å². The second-order valence-electron chi connectivity index (χ2n) is 1.91. The van der Waals surface area contributed by atoms with Gasteiger partial charge in [0, 0.05) is 0 Å². The Morgan fingerprint density at radius 1 is 1.50 bits per heavy atom. The van der Waals surface area contributed by atoms with Gasteiger partial charge in [-0.25, -0.2) is 0 Å². The van der Waals surface area contributed by atoms with Crippen molar-refractivity contribution in [2.75, 3.05) is 5.75 Å². The highest BCUT2D eigenvalue weighted by molar-refractivity contribution is 7.80. The third-order valence-corrected chi connectivity index (χ3v) is 0.965. The van der Waals surface area contributed by atoms with Gasteiger partial charge in [0.2, 0.25) is 0 Å². The fraction of sp³-hybridized carbons (Fsp3) is 1.00. The van der Waals surface area contributed by atoms with Gasteiger partial charge in [0.1, 0.15) is 0 Å². The zero-order valence-corrected chi connectivity index (χ0v) is 5.33. The fourth-order valence-electron chi connectivity index (χ4n) is 0.258. The molecular formula is C5H12S. The summed E-state index contributed by atoms with van der Waals surface area (Å²) in [5.41, 5.74) is 0. The average molecular weight is 104 g/mol. The van der Waals surface area contributed by atoms with Crippen molar-refractivity contribution < 1.29 is 0 Å². The van der Waals surface area contributed by atoms with Gasteiger partial charge in [-0.05, 0) is 18.1 Å². The molecule has 0 saturated carbocycles. The van der Waals surface area contributed by atoms with Gasteiger partial charge in [0.25, 0.3) is 0 Å². The molecule has 38 valence electrons. The van der Waals surface area contributed by atoms with Gasteiger partial charge >= 0.3 is 0 Å². The molecule has 0 N–H and O–H groups in total. The average Bonchev–Trinajstić information content (AvgIpc) is 1.35. The summed E-state index contributed by atoms with van der Waals surface area (Å²) in [7, 11) is 0. The lowest BCUT2D eigenvalue weighted by molar-refractivity contribution is 0.633. The molecule has 0 rings (SSSR count). The van der Waals surface area contributed by atoms with Gasteiger partial charge in [-0.3, -0.25) is 0 Å². The van der Waals surface area contributed by atoms with Crippen LogP contribution < -0.4 is 0 Å². The summed E-state index contributed by atoms with van der Waals surface area (Å²) in [5, 5.41) is 0. The maximum atomic E-state index is 4.06. The summed E-state index contributed by atoms with van der Waals surface area (Å²) in [6.07, 6.45) is 1.24. The minimum Gasteiger partial charge on any atom is -0.179 e. The summed E-state index contributed by atoms with van der Waals surface area (Å²) >= 11 is 4.06.